The van der Waals surface area contributed by atoms with Crippen LogP contribution in [0.3, 0.4) is 0 Å². The minimum atomic E-state index is -1.72. The average Bonchev–Trinajstić information content (AvgIpc) is 2.75. The molecular weight excluding hydrogens is 298 g/mol. The van der Waals surface area contributed by atoms with E-state index in [0.29, 0.717) is 6.29 Å². The number of nitrogens with zero attached hydrogens (tertiary/aromatic N) is 1. The number of methoxy groups -OCH3 is 1. The zero-order valence-electron chi connectivity index (χ0n) is 11.8. The first-order valence-corrected chi connectivity index (χ1v) is 6.46. The molecule has 1 fully saturated rings. The van der Waals surface area contributed by atoms with Crippen LogP contribution in [0.5, 0.6) is 0 Å². The molecule has 1 saturated heterocycles. The van der Waals surface area contributed by atoms with Gasteiger partial charge in [-0.3, -0.25) is 14.3 Å². The molecule has 4 atom stereocenters. The number of nitrogens with two attached hydrogens (primary N) is 1. The third kappa shape index (κ3) is 2.35. The molecule has 22 heavy (non-hydrogen) atoms. The van der Waals surface area contributed by atoms with Gasteiger partial charge >= 0.3 is 5.69 Å². The summed E-state index contributed by atoms with van der Waals surface area (Å²) >= 11 is 0. The standard InChI is InChI=1S/C12H17N3O7/c1-21-9-8(18)7(5-17)22-12(9,2-3-16)15-4-6(13)10(19)14-11(15)20/h3-4,7-9,17-18H,2,5,13H2,1H3,(H,14,19,20)/t7-,8-,9-,12-/m1/s1. The number of ether oxygens (including phenoxy) is 2. The molecule has 2 rings (SSSR count). The van der Waals surface area contributed by atoms with E-state index in [1.807, 2.05) is 4.98 Å². The normalized spacial score (nSPS) is 31.3. The molecule has 1 aromatic rings. The number of nitrogen functional groups attached to an aromatic ring is 1. The van der Waals surface area contributed by atoms with Crippen LogP contribution in [0, 0.1) is 0 Å². The summed E-state index contributed by atoms with van der Waals surface area (Å²) in [6.07, 6.45) is -2.34. The summed E-state index contributed by atoms with van der Waals surface area (Å²) in [6, 6.07) is 0. The van der Waals surface area contributed by atoms with Crippen LogP contribution in [0.25, 0.3) is 0 Å². The first-order chi connectivity index (χ1) is 10.4. The monoisotopic (exact) mass is 315 g/mol. The lowest BCUT2D eigenvalue weighted by atomic mass is 9.99. The maximum atomic E-state index is 12.1. The molecule has 0 bridgehead atoms. The van der Waals surface area contributed by atoms with E-state index in [1.165, 1.54) is 7.11 Å². The summed E-state index contributed by atoms with van der Waals surface area (Å²) in [4.78, 5) is 36.5. The fourth-order valence-corrected chi connectivity index (χ4v) is 2.67. The molecule has 5 N–H and O–H groups in total. The highest BCUT2D eigenvalue weighted by molar-refractivity contribution is 5.51. The minimum absolute atomic E-state index is 0.273. The van der Waals surface area contributed by atoms with Crippen molar-refractivity contribution in [3.63, 3.8) is 0 Å². The van der Waals surface area contributed by atoms with Gasteiger partial charge in [-0.1, -0.05) is 0 Å². The second kappa shape index (κ2) is 6.01. The van der Waals surface area contributed by atoms with Crippen molar-refractivity contribution in [3.8, 4) is 0 Å². The predicted octanol–water partition coefficient (Wildman–Crippen LogP) is -2.87. The number of aliphatic hydroxyl groups excluding tert-OH is 2. The van der Waals surface area contributed by atoms with Crippen molar-refractivity contribution < 1.29 is 24.5 Å². The van der Waals surface area contributed by atoms with Crippen LogP contribution >= 0.6 is 0 Å². The Morgan fingerprint density at radius 3 is 2.82 bits per heavy atom. The fraction of sp³-hybridized carbons (Fsp3) is 0.583. The number of hydrogen-bond donors (Lipinski definition) is 4. The van der Waals surface area contributed by atoms with Crippen molar-refractivity contribution >= 4 is 12.0 Å². The number of anilines is 1. The van der Waals surface area contributed by atoms with Gasteiger partial charge in [-0.25, -0.2) is 4.79 Å². The molecule has 122 valence electrons. The quantitative estimate of drug-likeness (QED) is 0.422. The number of carbonyl (C=O) groups is 1. The molecule has 0 saturated carbocycles. The van der Waals surface area contributed by atoms with Gasteiger partial charge in [-0.15, -0.1) is 0 Å². The number of rotatable bonds is 5. The Labute approximate surface area is 124 Å². The molecule has 0 unspecified atom stereocenters. The number of aromatic nitrogens is 2. The van der Waals surface area contributed by atoms with E-state index in [2.05, 4.69) is 0 Å². The van der Waals surface area contributed by atoms with Gasteiger partial charge in [0.2, 0.25) is 0 Å². The van der Waals surface area contributed by atoms with Gasteiger partial charge < -0.3 is 30.2 Å². The number of aldehydes is 1. The summed E-state index contributed by atoms with van der Waals surface area (Å²) in [5, 5.41) is 19.4. The Kier molecular flexibility index (Phi) is 4.47. The molecule has 10 heteroatoms. The van der Waals surface area contributed by atoms with E-state index < -0.39 is 41.9 Å². The van der Waals surface area contributed by atoms with E-state index >= 15 is 0 Å². The molecule has 0 amide bonds. The summed E-state index contributed by atoms with van der Waals surface area (Å²) in [6.45, 7) is -0.546. The lowest BCUT2D eigenvalue weighted by Crippen LogP contribution is -2.52. The lowest BCUT2D eigenvalue weighted by Gasteiger charge is -2.34. The zero-order valence-corrected chi connectivity index (χ0v) is 11.8. The van der Waals surface area contributed by atoms with Crippen LogP contribution in [0.15, 0.2) is 15.8 Å². The maximum absolute atomic E-state index is 12.1. The fourth-order valence-electron chi connectivity index (χ4n) is 2.67. The second-order valence-electron chi connectivity index (χ2n) is 4.92. The van der Waals surface area contributed by atoms with Crippen molar-refractivity contribution in [1.82, 2.24) is 9.55 Å². The van der Waals surface area contributed by atoms with Crippen molar-refractivity contribution in [1.29, 1.82) is 0 Å². The van der Waals surface area contributed by atoms with Gasteiger partial charge in [0.25, 0.3) is 5.56 Å². The SMILES string of the molecule is CO[C@@H]1[C@H](O)[C@@H](CO)O[C@@]1(CC=O)n1cc(N)c(=O)[nH]c1=O. The van der Waals surface area contributed by atoms with E-state index in [9.17, 15) is 24.6 Å². The third-order valence-electron chi connectivity index (χ3n) is 3.68. The van der Waals surface area contributed by atoms with E-state index in [4.69, 9.17) is 15.2 Å². The Balaban J connectivity index is 2.68. The number of aromatic amines is 1. The smallest absolute Gasteiger partial charge is 0.330 e. The van der Waals surface area contributed by atoms with E-state index in [1.54, 1.807) is 0 Å². The predicted molar refractivity (Wildman–Crippen MR) is 73.2 cm³/mol. The summed E-state index contributed by atoms with van der Waals surface area (Å²) < 4.78 is 11.6. The molecule has 1 aliphatic rings. The highest BCUT2D eigenvalue weighted by atomic mass is 16.6. The topological polar surface area (TPSA) is 157 Å². The minimum Gasteiger partial charge on any atom is -0.394 e. The number of aliphatic hydroxyl groups is 2. The Bertz CT molecular complexity index is 669. The molecule has 0 aromatic carbocycles. The van der Waals surface area contributed by atoms with Gasteiger partial charge in [0.05, 0.1) is 13.0 Å². The number of nitrogens with one attached hydrogen (secondary N) is 1. The summed E-state index contributed by atoms with van der Waals surface area (Å²) in [5.74, 6) is 0. The van der Waals surface area contributed by atoms with Crippen LogP contribution in [-0.2, 0) is 20.0 Å². The van der Waals surface area contributed by atoms with Crippen LogP contribution in [0.4, 0.5) is 5.69 Å². The van der Waals surface area contributed by atoms with Gasteiger partial charge in [-0.05, 0) is 0 Å². The Morgan fingerprint density at radius 2 is 2.27 bits per heavy atom. The number of carbonyl (C=O) groups excluding carboxylic acids is 1. The van der Waals surface area contributed by atoms with Crippen molar-refractivity contribution in [2.24, 2.45) is 0 Å². The first-order valence-electron chi connectivity index (χ1n) is 6.46. The zero-order chi connectivity index (χ0) is 16.5. The van der Waals surface area contributed by atoms with E-state index in [0.717, 1.165) is 10.8 Å². The molecule has 1 aliphatic heterocycles. The van der Waals surface area contributed by atoms with E-state index in [-0.39, 0.29) is 12.1 Å². The van der Waals surface area contributed by atoms with Crippen LogP contribution in [0.2, 0.25) is 0 Å². The average molecular weight is 315 g/mol. The molecule has 2 heterocycles. The highest BCUT2D eigenvalue weighted by Gasteiger charge is 2.56. The maximum Gasteiger partial charge on any atom is 0.330 e. The summed E-state index contributed by atoms with van der Waals surface area (Å²) in [5.41, 5.74) is 1.84. The Hall–Kier alpha value is -2.01. The van der Waals surface area contributed by atoms with Crippen molar-refractivity contribution in [2.45, 2.75) is 30.5 Å². The molecular formula is C12H17N3O7. The molecule has 0 aliphatic carbocycles. The first kappa shape index (κ1) is 16.4. The number of H-pyrrole nitrogens is 1. The third-order valence-corrected chi connectivity index (χ3v) is 3.68. The van der Waals surface area contributed by atoms with Crippen LogP contribution < -0.4 is 17.0 Å². The molecule has 1 aromatic heterocycles. The largest absolute Gasteiger partial charge is 0.394 e. The van der Waals surface area contributed by atoms with Gasteiger partial charge in [-0.2, -0.15) is 0 Å². The van der Waals surface area contributed by atoms with Crippen LogP contribution in [-0.4, -0.2) is 58.1 Å². The Morgan fingerprint density at radius 1 is 1.59 bits per heavy atom. The van der Waals surface area contributed by atoms with Gasteiger partial charge in [0.1, 0.15) is 30.3 Å². The highest BCUT2D eigenvalue weighted by Crippen LogP contribution is 2.38. The summed E-state index contributed by atoms with van der Waals surface area (Å²) in [7, 11) is 1.26. The lowest BCUT2D eigenvalue weighted by molar-refractivity contribution is -0.164. The van der Waals surface area contributed by atoms with Gasteiger partial charge in [0.15, 0.2) is 5.72 Å². The van der Waals surface area contributed by atoms with Crippen LogP contribution in [0.1, 0.15) is 6.42 Å². The van der Waals surface area contributed by atoms with Crippen molar-refractivity contribution in [2.75, 3.05) is 19.5 Å². The van der Waals surface area contributed by atoms with Gasteiger partial charge in [0, 0.05) is 13.3 Å². The molecule has 10 nitrogen and oxygen atoms in total. The van der Waals surface area contributed by atoms with Crippen molar-refractivity contribution in [3.05, 3.63) is 27.0 Å². The molecule has 0 spiro atoms. The number of hydrogen-bond acceptors (Lipinski definition) is 8. The molecule has 0 radical (unpaired) electrons. The second-order valence-corrected chi connectivity index (χ2v) is 4.92.